The van der Waals surface area contributed by atoms with Crippen molar-refractivity contribution in [2.75, 3.05) is 0 Å². The van der Waals surface area contributed by atoms with Gasteiger partial charge in [-0.25, -0.2) is 0 Å². The third-order valence-electron chi connectivity index (χ3n) is 0.547. The number of hydrogen-bond acceptors (Lipinski definition) is 1. The minimum atomic E-state index is 0. The molecule has 1 aliphatic carbocycles. The standard InChI is InChI=1S/C3H6O.Na/c4-3-1-2-3;/h3-4H,1-2H2;. The van der Waals surface area contributed by atoms with Gasteiger partial charge < -0.3 is 5.11 Å². The molecule has 5 heavy (non-hydrogen) atoms. The Balaban J connectivity index is 0.000000160. The van der Waals surface area contributed by atoms with Gasteiger partial charge in [-0.15, -0.1) is 0 Å². The fraction of sp³-hybridized carbons (Fsp3) is 1.00. The first-order valence-corrected chi connectivity index (χ1v) is 1.57. The molecule has 1 saturated carbocycles. The van der Waals surface area contributed by atoms with Crippen LogP contribution in [0, 0.1) is 0 Å². The minimum Gasteiger partial charge on any atom is -0.393 e. The van der Waals surface area contributed by atoms with Crippen molar-refractivity contribution in [3.63, 3.8) is 0 Å². The minimum absolute atomic E-state index is 0. The molecule has 0 atom stereocenters. The number of aliphatic hydroxyl groups is 1. The molecule has 0 unspecified atom stereocenters. The number of aliphatic hydroxyl groups excluding tert-OH is 1. The Hall–Kier alpha value is 0.960. The molecule has 0 spiro atoms. The molecule has 1 fully saturated rings. The second-order valence-corrected chi connectivity index (χ2v) is 1.23. The zero-order valence-corrected chi connectivity index (χ0v) is 5.44. The van der Waals surface area contributed by atoms with Crippen molar-refractivity contribution in [1.29, 1.82) is 0 Å². The van der Waals surface area contributed by atoms with Crippen LogP contribution >= 0.6 is 0 Å². The predicted octanol–water partition coefficient (Wildman–Crippen LogP) is -0.240. The zero-order chi connectivity index (χ0) is 2.99. The van der Waals surface area contributed by atoms with Crippen LogP contribution in [0.15, 0.2) is 0 Å². The van der Waals surface area contributed by atoms with E-state index in [1.165, 1.54) is 0 Å². The number of rotatable bonds is 0. The smallest absolute Gasteiger partial charge is 0.0542 e. The molecule has 0 amide bonds. The van der Waals surface area contributed by atoms with E-state index in [0.717, 1.165) is 12.8 Å². The van der Waals surface area contributed by atoms with Gasteiger partial charge in [0.1, 0.15) is 0 Å². The van der Waals surface area contributed by atoms with Crippen molar-refractivity contribution >= 4 is 29.6 Å². The third kappa shape index (κ3) is 2.77. The molecule has 0 aromatic carbocycles. The van der Waals surface area contributed by atoms with Gasteiger partial charge in [-0.3, -0.25) is 0 Å². The fourth-order valence-electron chi connectivity index (χ4n) is 0.0745. The van der Waals surface area contributed by atoms with E-state index in [-0.39, 0.29) is 35.7 Å². The van der Waals surface area contributed by atoms with Crippen molar-refractivity contribution in [1.82, 2.24) is 0 Å². The van der Waals surface area contributed by atoms with E-state index in [1.807, 2.05) is 0 Å². The summed E-state index contributed by atoms with van der Waals surface area (Å²) in [7, 11) is 0. The Morgan fingerprint density at radius 2 is 1.60 bits per heavy atom. The van der Waals surface area contributed by atoms with Gasteiger partial charge in [0.05, 0.1) is 6.10 Å². The first-order chi connectivity index (χ1) is 1.89. The van der Waals surface area contributed by atoms with Crippen LogP contribution in [0.2, 0.25) is 0 Å². The zero-order valence-electron chi connectivity index (χ0n) is 3.44. The summed E-state index contributed by atoms with van der Waals surface area (Å²) in [6.07, 6.45) is 2.17. The first-order valence-electron chi connectivity index (χ1n) is 1.57. The Morgan fingerprint density at radius 1 is 1.40 bits per heavy atom. The van der Waals surface area contributed by atoms with Crippen LogP contribution in [0.1, 0.15) is 12.8 Å². The van der Waals surface area contributed by atoms with Crippen molar-refractivity contribution in [2.24, 2.45) is 0 Å². The molecule has 2 heteroatoms. The maximum Gasteiger partial charge on any atom is 0.0542 e. The van der Waals surface area contributed by atoms with Gasteiger partial charge >= 0.3 is 0 Å². The van der Waals surface area contributed by atoms with Gasteiger partial charge in [0.25, 0.3) is 0 Å². The Kier molecular flexibility index (Phi) is 2.61. The molecule has 1 N–H and O–H groups in total. The largest absolute Gasteiger partial charge is 0.393 e. The van der Waals surface area contributed by atoms with E-state index in [2.05, 4.69) is 0 Å². The van der Waals surface area contributed by atoms with Gasteiger partial charge in [0.15, 0.2) is 0 Å². The van der Waals surface area contributed by atoms with Crippen LogP contribution in [0.5, 0.6) is 0 Å². The fourth-order valence-corrected chi connectivity index (χ4v) is 0.0745. The molecule has 0 heterocycles. The summed E-state index contributed by atoms with van der Waals surface area (Å²) >= 11 is 0. The summed E-state index contributed by atoms with van der Waals surface area (Å²) in [5, 5.41) is 8.17. The van der Waals surface area contributed by atoms with Crippen LogP contribution in [0.25, 0.3) is 0 Å². The quantitative estimate of drug-likeness (QED) is 0.399. The molecule has 0 bridgehead atoms. The molecule has 0 aromatic heterocycles. The second kappa shape index (κ2) is 2.19. The SMILES string of the molecule is OC1CC1.[Na]. The third-order valence-corrected chi connectivity index (χ3v) is 0.547. The van der Waals surface area contributed by atoms with Crippen LogP contribution in [0.4, 0.5) is 0 Å². The van der Waals surface area contributed by atoms with Crippen LogP contribution in [-0.4, -0.2) is 40.8 Å². The van der Waals surface area contributed by atoms with Gasteiger partial charge in [0.2, 0.25) is 0 Å². The summed E-state index contributed by atoms with van der Waals surface area (Å²) in [5.41, 5.74) is 0. The van der Waals surface area contributed by atoms with E-state index in [1.54, 1.807) is 0 Å². The molecule has 1 aliphatic rings. The molecular formula is C3H6NaO. The van der Waals surface area contributed by atoms with Crippen LogP contribution in [0.3, 0.4) is 0 Å². The first kappa shape index (κ1) is 5.96. The normalized spacial score (nSPS) is 21.0. The molecule has 0 aliphatic heterocycles. The van der Waals surface area contributed by atoms with E-state index in [9.17, 15) is 0 Å². The van der Waals surface area contributed by atoms with E-state index in [4.69, 9.17) is 5.11 Å². The molecule has 0 aromatic rings. The maximum absolute atomic E-state index is 8.17. The summed E-state index contributed by atoms with van der Waals surface area (Å²) in [6, 6.07) is 0. The van der Waals surface area contributed by atoms with Crippen molar-refractivity contribution in [3.8, 4) is 0 Å². The summed E-state index contributed by atoms with van der Waals surface area (Å²) in [6.45, 7) is 0. The van der Waals surface area contributed by atoms with Crippen molar-refractivity contribution < 1.29 is 5.11 Å². The topological polar surface area (TPSA) is 20.2 Å². The molecule has 1 rings (SSSR count). The Morgan fingerprint density at radius 3 is 1.60 bits per heavy atom. The second-order valence-electron chi connectivity index (χ2n) is 1.23. The van der Waals surface area contributed by atoms with Gasteiger partial charge in [-0.05, 0) is 12.8 Å². The van der Waals surface area contributed by atoms with E-state index in [0.29, 0.717) is 0 Å². The maximum atomic E-state index is 8.17. The summed E-state index contributed by atoms with van der Waals surface area (Å²) in [5.74, 6) is 0. The van der Waals surface area contributed by atoms with Crippen molar-refractivity contribution in [3.05, 3.63) is 0 Å². The molecule has 0 saturated heterocycles. The average molecular weight is 81.1 g/mol. The van der Waals surface area contributed by atoms with Gasteiger partial charge in [0, 0.05) is 29.6 Å². The molecular weight excluding hydrogens is 75.0 g/mol. The Labute approximate surface area is 53.7 Å². The van der Waals surface area contributed by atoms with Crippen LogP contribution in [-0.2, 0) is 0 Å². The molecule has 1 nitrogen and oxygen atoms in total. The van der Waals surface area contributed by atoms with E-state index >= 15 is 0 Å². The summed E-state index contributed by atoms with van der Waals surface area (Å²) < 4.78 is 0. The van der Waals surface area contributed by atoms with Gasteiger partial charge in [-0.1, -0.05) is 0 Å². The van der Waals surface area contributed by atoms with E-state index < -0.39 is 0 Å². The average Bonchev–Trinajstić information content (AvgIpc) is 1.75. The monoisotopic (exact) mass is 81.0 g/mol. The molecule has 1 radical (unpaired) electrons. The summed E-state index contributed by atoms with van der Waals surface area (Å²) in [4.78, 5) is 0. The Bertz CT molecular complexity index is 26.1. The number of hydrogen-bond donors (Lipinski definition) is 1. The van der Waals surface area contributed by atoms with Crippen LogP contribution < -0.4 is 0 Å². The molecule has 25 valence electrons. The van der Waals surface area contributed by atoms with Gasteiger partial charge in [-0.2, -0.15) is 0 Å². The van der Waals surface area contributed by atoms with Crippen molar-refractivity contribution in [2.45, 2.75) is 18.9 Å². The predicted molar refractivity (Wildman–Crippen MR) is 21.0 cm³/mol.